The van der Waals surface area contributed by atoms with Gasteiger partial charge in [-0.1, -0.05) is 18.0 Å². The second-order valence-corrected chi connectivity index (χ2v) is 6.58. The van der Waals surface area contributed by atoms with Gasteiger partial charge >= 0.3 is 6.03 Å². The lowest BCUT2D eigenvalue weighted by Gasteiger charge is -2.15. The van der Waals surface area contributed by atoms with E-state index >= 15 is 0 Å². The van der Waals surface area contributed by atoms with Crippen LogP contribution in [0.3, 0.4) is 0 Å². The minimum absolute atomic E-state index is 0.0325. The first-order chi connectivity index (χ1) is 11.5. The second kappa shape index (κ2) is 8.70. The molecule has 1 heterocycles. The molecule has 0 unspecified atom stereocenters. The van der Waals surface area contributed by atoms with E-state index in [1.165, 1.54) is 0 Å². The number of carbonyl (C=O) groups is 2. The highest BCUT2D eigenvalue weighted by molar-refractivity contribution is 5.79. The molecule has 1 aromatic heterocycles. The zero-order chi connectivity index (χ0) is 17.5. The Bertz CT molecular complexity index is 545. The molecule has 24 heavy (non-hydrogen) atoms. The summed E-state index contributed by atoms with van der Waals surface area (Å²) in [5.74, 6) is 1.06. The van der Waals surface area contributed by atoms with Gasteiger partial charge in [0.25, 0.3) is 0 Å². The third-order valence-electron chi connectivity index (χ3n) is 4.50. The number of carbonyl (C=O) groups excluding carboxylic acids is 2. The van der Waals surface area contributed by atoms with Crippen molar-refractivity contribution in [1.82, 2.24) is 21.1 Å². The first kappa shape index (κ1) is 18.3. The molecule has 1 fully saturated rings. The van der Waals surface area contributed by atoms with Crippen LogP contribution in [-0.4, -0.2) is 36.2 Å². The second-order valence-electron chi connectivity index (χ2n) is 6.58. The lowest BCUT2D eigenvalue weighted by atomic mass is 10.1. The summed E-state index contributed by atoms with van der Waals surface area (Å²) in [4.78, 5) is 23.7. The summed E-state index contributed by atoms with van der Waals surface area (Å²) < 4.78 is 5.13. The molecule has 1 aliphatic rings. The summed E-state index contributed by atoms with van der Waals surface area (Å²) in [5.41, 5.74) is 1.89. The van der Waals surface area contributed by atoms with Gasteiger partial charge in [0, 0.05) is 30.6 Å². The standard InChI is InChI=1S/C17H28N4O3/c1-11(10-15-12(2)21-24-13(15)3)20-17(23)19-9-8-18-16(22)14-6-4-5-7-14/h11,14H,4-10H2,1-3H3,(H,18,22)(H2,19,20,23)/t11-/m0/s1. The minimum Gasteiger partial charge on any atom is -0.361 e. The van der Waals surface area contributed by atoms with E-state index in [2.05, 4.69) is 21.1 Å². The number of hydrogen-bond acceptors (Lipinski definition) is 4. The Morgan fingerprint density at radius 3 is 2.50 bits per heavy atom. The Hall–Kier alpha value is -2.05. The number of nitrogens with one attached hydrogen (secondary N) is 3. The molecule has 0 aromatic carbocycles. The molecule has 7 heteroatoms. The Kier molecular flexibility index (Phi) is 6.63. The molecule has 3 N–H and O–H groups in total. The van der Waals surface area contributed by atoms with Crippen molar-refractivity contribution < 1.29 is 14.1 Å². The van der Waals surface area contributed by atoms with E-state index in [1.807, 2.05) is 20.8 Å². The van der Waals surface area contributed by atoms with Crippen molar-refractivity contribution in [3.05, 3.63) is 17.0 Å². The topological polar surface area (TPSA) is 96.3 Å². The lowest BCUT2D eigenvalue weighted by molar-refractivity contribution is -0.124. The van der Waals surface area contributed by atoms with E-state index in [4.69, 9.17) is 4.52 Å². The quantitative estimate of drug-likeness (QED) is 0.662. The summed E-state index contributed by atoms with van der Waals surface area (Å²) in [6.07, 6.45) is 4.93. The van der Waals surface area contributed by atoms with Gasteiger partial charge in [-0.25, -0.2) is 4.79 Å². The molecular weight excluding hydrogens is 308 g/mol. The van der Waals surface area contributed by atoms with E-state index in [0.29, 0.717) is 19.5 Å². The van der Waals surface area contributed by atoms with E-state index in [0.717, 1.165) is 42.7 Å². The number of amides is 3. The fourth-order valence-corrected chi connectivity index (χ4v) is 3.12. The highest BCUT2D eigenvalue weighted by Crippen LogP contribution is 2.24. The maximum atomic E-state index is 11.9. The number of nitrogens with zero attached hydrogens (tertiary/aromatic N) is 1. The average Bonchev–Trinajstić information content (AvgIpc) is 3.17. The molecule has 0 bridgehead atoms. The zero-order valence-electron chi connectivity index (χ0n) is 14.8. The molecule has 7 nitrogen and oxygen atoms in total. The van der Waals surface area contributed by atoms with Crippen LogP contribution in [0.1, 0.15) is 49.6 Å². The molecule has 0 aliphatic heterocycles. The maximum Gasteiger partial charge on any atom is 0.315 e. The van der Waals surface area contributed by atoms with Gasteiger partial charge < -0.3 is 20.5 Å². The van der Waals surface area contributed by atoms with Crippen molar-refractivity contribution in [2.24, 2.45) is 5.92 Å². The van der Waals surface area contributed by atoms with Crippen LogP contribution in [0.4, 0.5) is 4.79 Å². The average molecular weight is 336 g/mol. The normalized spacial score (nSPS) is 16.0. The van der Waals surface area contributed by atoms with Gasteiger partial charge in [0.1, 0.15) is 5.76 Å². The van der Waals surface area contributed by atoms with Crippen LogP contribution >= 0.6 is 0 Å². The molecule has 1 aromatic rings. The van der Waals surface area contributed by atoms with Crippen LogP contribution in [0.2, 0.25) is 0 Å². The summed E-state index contributed by atoms with van der Waals surface area (Å²) in [6, 6.07) is -0.265. The fourth-order valence-electron chi connectivity index (χ4n) is 3.12. The summed E-state index contributed by atoms with van der Waals surface area (Å²) in [7, 11) is 0. The minimum atomic E-state index is -0.232. The van der Waals surface area contributed by atoms with E-state index in [-0.39, 0.29) is 23.9 Å². The molecule has 2 rings (SSSR count). The molecule has 1 atom stereocenters. The number of hydrogen-bond donors (Lipinski definition) is 3. The molecule has 1 aliphatic carbocycles. The Morgan fingerprint density at radius 1 is 1.21 bits per heavy atom. The van der Waals surface area contributed by atoms with Crippen LogP contribution in [0.5, 0.6) is 0 Å². The van der Waals surface area contributed by atoms with Gasteiger partial charge in [-0.2, -0.15) is 0 Å². The fraction of sp³-hybridized carbons (Fsp3) is 0.706. The largest absolute Gasteiger partial charge is 0.361 e. The van der Waals surface area contributed by atoms with Crippen molar-refractivity contribution in [2.45, 2.75) is 58.9 Å². The molecule has 3 amide bonds. The smallest absolute Gasteiger partial charge is 0.315 e. The van der Waals surface area contributed by atoms with Gasteiger partial charge in [0.2, 0.25) is 5.91 Å². The van der Waals surface area contributed by atoms with E-state index in [1.54, 1.807) is 0 Å². The SMILES string of the molecule is Cc1noc(C)c1C[C@H](C)NC(=O)NCCNC(=O)C1CCCC1. The first-order valence-electron chi connectivity index (χ1n) is 8.71. The molecule has 1 saturated carbocycles. The van der Waals surface area contributed by atoms with Gasteiger partial charge in [-0.3, -0.25) is 4.79 Å². The Balaban J connectivity index is 1.61. The number of urea groups is 1. The van der Waals surface area contributed by atoms with E-state index < -0.39 is 0 Å². The van der Waals surface area contributed by atoms with Gasteiger partial charge in [0.15, 0.2) is 0 Å². The van der Waals surface area contributed by atoms with Crippen molar-refractivity contribution >= 4 is 11.9 Å². The number of aryl methyl sites for hydroxylation is 2. The third kappa shape index (κ3) is 5.25. The molecule has 0 radical (unpaired) electrons. The van der Waals surface area contributed by atoms with Crippen LogP contribution in [0.25, 0.3) is 0 Å². The van der Waals surface area contributed by atoms with Gasteiger partial charge in [0.05, 0.1) is 5.69 Å². The van der Waals surface area contributed by atoms with Gasteiger partial charge in [-0.15, -0.1) is 0 Å². The summed E-state index contributed by atoms with van der Waals surface area (Å²) in [6.45, 7) is 6.58. The monoisotopic (exact) mass is 336 g/mol. The predicted octanol–water partition coefficient (Wildman–Crippen LogP) is 1.83. The third-order valence-corrected chi connectivity index (χ3v) is 4.50. The molecule has 0 spiro atoms. The number of rotatable bonds is 7. The Labute approximate surface area is 142 Å². The van der Waals surface area contributed by atoms with Crippen LogP contribution in [0, 0.1) is 19.8 Å². The van der Waals surface area contributed by atoms with E-state index in [9.17, 15) is 9.59 Å². The van der Waals surface area contributed by atoms with Crippen molar-refractivity contribution in [3.8, 4) is 0 Å². The van der Waals surface area contributed by atoms with Crippen LogP contribution in [0.15, 0.2) is 4.52 Å². The highest BCUT2D eigenvalue weighted by atomic mass is 16.5. The Morgan fingerprint density at radius 2 is 1.88 bits per heavy atom. The molecule has 134 valence electrons. The predicted molar refractivity (Wildman–Crippen MR) is 90.6 cm³/mol. The molecule has 0 saturated heterocycles. The maximum absolute atomic E-state index is 11.9. The first-order valence-corrected chi connectivity index (χ1v) is 8.71. The zero-order valence-corrected chi connectivity index (χ0v) is 14.8. The summed E-state index contributed by atoms with van der Waals surface area (Å²) >= 11 is 0. The number of aromatic nitrogens is 1. The van der Waals surface area contributed by atoms with Gasteiger partial charge in [-0.05, 0) is 40.0 Å². The van der Waals surface area contributed by atoms with Crippen LogP contribution in [-0.2, 0) is 11.2 Å². The summed E-state index contributed by atoms with van der Waals surface area (Å²) in [5, 5.41) is 12.4. The van der Waals surface area contributed by atoms with Crippen LogP contribution < -0.4 is 16.0 Å². The lowest BCUT2D eigenvalue weighted by Crippen LogP contribution is -2.44. The van der Waals surface area contributed by atoms with Crippen molar-refractivity contribution in [1.29, 1.82) is 0 Å². The molecular formula is C17H28N4O3. The highest BCUT2D eigenvalue weighted by Gasteiger charge is 2.22. The van der Waals surface area contributed by atoms with Crippen molar-refractivity contribution in [2.75, 3.05) is 13.1 Å². The van der Waals surface area contributed by atoms with Crippen molar-refractivity contribution in [3.63, 3.8) is 0 Å².